The maximum Gasteiger partial charge on any atom is 0.513 e. The number of carbonyl (C=O) groups excluding carboxylic acids is 2. The van der Waals surface area contributed by atoms with Crippen LogP contribution in [0, 0.1) is 18.8 Å². The summed E-state index contributed by atoms with van der Waals surface area (Å²) in [5, 5.41) is 0.396. The third kappa shape index (κ3) is 5.81. The van der Waals surface area contributed by atoms with Gasteiger partial charge in [0, 0.05) is 17.3 Å². The van der Waals surface area contributed by atoms with Crippen molar-refractivity contribution in [1.82, 2.24) is 0 Å². The third-order valence-corrected chi connectivity index (χ3v) is 5.82. The molecule has 2 aromatic rings. The number of para-hydroxylation sites is 1. The average Bonchev–Trinajstić information content (AvgIpc) is 2.73. The molecular weight excluding hydrogens is 428 g/mol. The van der Waals surface area contributed by atoms with Crippen LogP contribution in [0.2, 0.25) is 5.02 Å². The van der Waals surface area contributed by atoms with Gasteiger partial charge >= 0.3 is 6.16 Å². The van der Waals surface area contributed by atoms with Crippen molar-refractivity contribution >= 4 is 29.4 Å². The molecule has 0 aromatic heterocycles. The highest BCUT2D eigenvalue weighted by atomic mass is 35.5. The van der Waals surface area contributed by atoms with Crippen LogP contribution in [0.3, 0.4) is 0 Å². The van der Waals surface area contributed by atoms with Crippen LogP contribution in [0.4, 0.5) is 10.5 Å². The number of carbonyl (C=O) groups is 2. The van der Waals surface area contributed by atoms with Gasteiger partial charge in [0.1, 0.15) is 5.75 Å². The Morgan fingerprint density at radius 3 is 2.66 bits per heavy atom. The summed E-state index contributed by atoms with van der Waals surface area (Å²) < 4.78 is 10.3. The molecule has 0 fully saturated rings. The Hall–Kier alpha value is -2.57. The lowest BCUT2D eigenvalue weighted by Gasteiger charge is -2.34. The van der Waals surface area contributed by atoms with Crippen molar-refractivity contribution in [1.29, 1.82) is 0 Å². The van der Waals surface area contributed by atoms with Gasteiger partial charge in [0.05, 0.1) is 12.6 Å². The third-order valence-electron chi connectivity index (χ3n) is 5.48. The number of nitrogens with two attached hydrogens (primary N) is 1. The summed E-state index contributed by atoms with van der Waals surface area (Å²) in [5.74, 6) is 0.739. The standard InChI is InChI=1S/C25H31ClN2O4/c1-15(2)14-31-25(30)32-19-10-17(4)20(21(26)11-19)12-22(27)24(29)28-13-16(3)9-18-7-5-6-8-23(18)28/h5-8,10-11,15-16,22H,9,12-14,27H2,1-4H3. The molecular formula is C25H31ClN2O4. The zero-order chi connectivity index (χ0) is 23.4. The predicted octanol–water partition coefficient (Wildman–Crippen LogP) is 4.92. The van der Waals surface area contributed by atoms with Crippen LogP contribution in [0.1, 0.15) is 37.5 Å². The molecule has 1 aliphatic rings. The molecule has 0 saturated carbocycles. The Kier molecular flexibility index (Phi) is 7.80. The van der Waals surface area contributed by atoms with Crippen molar-refractivity contribution in [3.05, 3.63) is 58.1 Å². The second-order valence-electron chi connectivity index (χ2n) is 8.95. The lowest BCUT2D eigenvalue weighted by molar-refractivity contribution is -0.120. The summed E-state index contributed by atoms with van der Waals surface area (Å²) in [4.78, 5) is 26.9. The van der Waals surface area contributed by atoms with Crippen LogP contribution in [-0.4, -0.2) is 31.3 Å². The van der Waals surface area contributed by atoms with E-state index in [4.69, 9.17) is 26.8 Å². The summed E-state index contributed by atoms with van der Waals surface area (Å²) in [6.07, 6.45) is 0.460. The minimum Gasteiger partial charge on any atom is -0.434 e. The predicted molar refractivity (Wildman–Crippen MR) is 126 cm³/mol. The molecule has 7 heteroatoms. The molecule has 2 N–H and O–H groups in total. The number of ether oxygens (including phenoxy) is 2. The van der Waals surface area contributed by atoms with Crippen molar-refractivity contribution in [2.75, 3.05) is 18.1 Å². The van der Waals surface area contributed by atoms with Crippen LogP contribution >= 0.6 is 11.6 Å². The van der Waals surface area contributed by atoms with Crippen molar-refractivity contribution in [2.45, 2.75) is 46.6 Å². The van der Waals surface area contributed by atoms with E-state index in [1.165, 1.54) is 0 Å². The fourth-order valence-corrected chi connectivity index (χ4v) is 4.27. The monoisotopic (exact) mass is 458 g/mol. The van der Waals surface area contributed by atoms with Gasteiger partial charge in [-0.15, -0.1) is 0 Å². The topological polar surface area (TPSA) is 81.9 Å². The molecule has 0 aliphatic carbocycles. The molecule has 1 heterocycles. The lowest BCUT2D eigenvalue weighted by atomic mass is 9.92. The fourth-order valence-electron chi connectivity index (χ4n) is 3.93. The van der Waals surface area contributed by atoms with E-state index in [0.717, 1.165) is 28.8 Å². The van der Waals surface area contributed by atoms with E-state index in [0.29, 0.717) is 23.2 Å². The Morgan fingerprint density at radius 1 is 1.25 bits per heavy atom. The van der Waals surface area contributed by atoms with Gasteiger partial charge in [0.25, 0.3) is 0 Å². The summed E-state index contributed by atoms with van der Waals surface area (Å²) in [5.41, 5.74) is 9.99. The quantitative estimate of drug-likeness (QED) is 0.491. The van der Waals surface area contributed by atoms with E-state index in [-0.39, 0.29) is 24.9 Å². The minimum absolute atomic E-state index is 0.128. The molecule has 1 amide bonds. The van der Waals surface area contributed by atoms with Gasteiger partial charge in [-0.25, -0.2) is 4.79 Å². The number of fused-ring (bicyclic) bond motifs is 1. The normalized spacial score (nSPS) is 16.5. The molecule has 0 spiro atoms. The number of anilines is 1. The second kappa shape index (κ2) is 10.4. The first kappa shape index (κ1) is 24.1. The molecule has 32 heavy (non-hydrogen) atoms. The van der Waals surface area contributed by atoms with Crippen molar-refractivity contribution in [3.63, 3.8) is 0 Å². The summed E-state index contributed by atoms with van der Waals surface area (Å²) in [7, 11) is 0. The van der Waals surface area contributed by atoms with Gasteiger partial charge < -0.3 is 20.1 Å². The molecule has 0 radical (unpaired) electrons. The first-order chi connectivity index (χ1) is 15.2. The van der Waals surface area contributed by atoms with Crippen LogP contribution < -0.4 is 15.4 Å². The molecule has 1 aliphatic heterocycles. The van der Waals surface area contributed by atoms with Gasteiger partial charge in [-0.3, -0.25) is 4.79 Å². The molecule has 6 nitrogen and oxygen atoms in total. The van der Waals surface area contributed by atoms with Gasteiger partial charge in [-0.2, -0.15) is 0 Å². The maximum atomic E-state index is 13.2. The zero-order valence-corrected chi connectivity index (χ0v) is 19.8. The van der Waals surface area contributed by atoms with Crippen molar-refractivity contribution in [3.8, 4) is 5.75 Å². The number of benzene rings is 2. The van der Waals surface area contributed by atoms with Crippen LogP contribution in [-0.2, 0) is 22.4 Å². The highest BCUT2D eigenvalue weighted by Gasteiger charge is 2.30. The number of rotatable bonds is 6. The molecule has 3 rings (SSSR count). The minimum atomic E-state index is -0.772. The number of aryl methyl sites for hydroxylation is 1. The Morgan fingerprint density at radius 2 is 1.97 bits per heavy atom. The smallest absolute Gasteiger partial charge is 0.434 e. The molecule has 0 saturated heterocycles. The van der Waals surface area contributed by atoms with Crippen LogP contribution in [0.5, 0.6) is 5.75 Å². The zero-order valence-electron chi connectivity index (χ0n) is 19.1. The van der Waals surface area contributed by atoms with Crippen molar-refractivity contribution < 1.29 is 19.1 Å². The van der Waals surface area contributed by atoms with Gasteiger partial charge in [-0.05, 0) is 66.5 Å². The summed E-state index contributed by atoms with van der Waals surface area (Å²) in [6.45, 7) is 8.78. The van der Waals surface area contributed by atoms with Gasteiger partial charge in [-0.1, -0.05) is 50.6 Å². The Labute approximate surface area is 194 Å². The highest BCUT2D eigenvalue weighted by Crippen LogP contribution is 2.31. The molecule has 2 aromatic carbocycles. The second-order valence-corrected chi connectivity index (χ2v) is 9.36. The number of nitrogens with zero attached hydrogens (tertiary/aromatic N) is 1. The molecule has 0 bridgehead atoms. The average molecular weight is 459 g/mol. The molecule has 2 unspecified atom stereocenters. The lowest BCUT2D eigenvalue weighted by Crippen LogP contribution is -2.48. The highest BCUT2D eigenvalue weighted by molar-refractivity contribution is 6.31. The maximum absolute atomic E-state index is 13.2. The van der Waals surface area contributed by atoms with E-state index in [1.54, 1.807) is 17.0 Å². The number of amides is 1. The molecule has 172 valence electrons. The fraction of sp³-hybridized carbons (Fsp3) is 0.440. The first-order valence-corrected chi connectivity index (χ1v) is 11.3. The largest absolute Gasteiger partial charge is 0.513 e. The van der Waals surface area contributed by atoms with E-state index in [9.17, 15) is 9.59 Å². The Balaban J connectivity index is 1.72. The van der Waals surface area contributed by atoms with E-state index < -0.39 is 12.2 Å². The van der Waals surface area contributed by atoms with Crippen LogP contribution in [0.25, 0.3) is 0 Å². The van der Waals surface area contributed by atoms with E-state index in [1.807, 2.05) is 39.0 Å². The first-order valence-electron chi connectivity index (χ1n) is 10.9. The van der Waals surface area contributed by atoms with E-state index in [2.05, 4.69) is 13.0 Å². The Bertz CT molecular complexity index is 969. The van der Waals surface area contributed by atoms with E-state index >= 15 is 0 Å². The summed E-state index contributed by atoms with van der Waals surface area (Å²) >= 11 is 6.47. The summed E-state index contributed by atoms with van der Waals surface area (Å²) in [6, 6.07) is 10.5. The number of hydrogen-bond donors (Lipinski definition) is 1. The van der Waals surface area contributed by atoms with Crippen LogP contribution in [0.15, 0.2) is 36.4 Å². The van der Waals surface area contributed by atoms with Gasteiger partial charge in [0.15, 0.2) is 0 Å². The SMILES string of the molecule is Cc1cc(OC(=O)OCC(C)C)cc(Cl)c1CC(N)C(=O)N1CC(C)Cc2ccccc21. The van der Waals surface area contributed by atoms with Gasteiger partial charge in [0.2, 0.25) is 5.91 Å². The number of halogens is 1. The van der Waals surface area contributed by atoms with Crippen molar-refractivity contribution in [2.24, 2.45) is 17.6 Å². The molecule has 2 atom stereocenters. The number of hydrogen-bond acceptors (Lipinski definition) is 5.